The van der Waals surface area contributed by atoms with Gasteiger partial charge in [-0.3, -0.25) is 24.6 Å². The van der Waals surface area contributed by atoms with Crippen LogP contribution in [-0.4, -0.2) is 34.1 Å². The first-order valence-corrected chi connectivity index (χ1v) is 12.4. The number of carbonyl (C=O) groups excluding carboxylic acids is 2. The number of rotatable bonds is 4. The van der Waals surface area contributed by atoms with Crippen LogP contribution in [0.1, 0.15) is 45.8 Å². The molecule has 0 radical (unpaired) electrons. The Hall–Kier alpha value is -4.12. The minimum atomic E-state index is -4.76. The van der Waals surface area contributed by atoms with Crippen molar-refractivity contribution in [2.75, 3.05) is 11.9 Å². The zero-order chi connectivity index (χ0) is 27.7. The number of Topliss-reactive ketones (excluding diaryl/α,β-unsaturated/α-hetero) is 1. The van der Waals surface area contributed by atoms with E-state index in [2.05, 4.69) is 5.32 Å². The molecule has 3 aromatic rings. The van der Waals surface area contributed by atoms with Crippen LogP contribution in [0.2, 0.25) is 0 Å². The van der Waals surface area contributed by atoms with Crippen LogP contribution in [0, 0.1) is 21.8 Å². The van der Waals surface area contributed by atoms with Gasteiger partial charge in [0.2, 0.25) is 5.91 Å². The summed E-state index contributed by atoms with van der Waals surface area (Å²) in [6.45, 7) is 0.340. The van der Waals surface area contributed by atoms with Gasteiger partial charge in [-0.2, -0.15) is 13.2 Å². The summed E-state index contributed by atoms with van der Waals surface area (Å²) in [5, 5.41) is 14.0. The van der Waals surface area contributed by atoms with Gasteiger partial charge in [-0.15, -0.1) is 0 Å². The lowest BCUT2D eigenvalue weighted by Crippen LogP contribution is -2.52. The number of nitrogens with one attached hydrogen (secondary N) is 1. The van der Waals surface area contributed by atoms with Crippen LogP contribution < -0.4 is 5.32 Å². The standard InChI is InChI=1S/C28H21F4N3O4/c29-17-11-9-15(10-12-17)25(36)23-22(16-4-1-5-18(14-16)35(38)39)21-8-3-13-34(21)27(23)19-6-2-7-20(28(30,31)32)24(19)33-26(27)37/h1-2,4-7,9-12,14,21-23H,3,8,13H2,(H,33,37)/t21?,22?,23?,27-/m1/s1. The van der Waals surface area contributed by atoms with Crippen molar-refractivity contribution in [1.29, 1.82) is 0 Å². The molecule has 0 aromatic heterocycles. The van der Waals surface area contributed by atoms with Crippen LogP contribution >= 0.6 is 0 Å². The third-order valence-electron chi connectivity index (χ3n) is 8.22. The molecule has 7 nitrogen and oxygen atoms in total. The minimum Gasteiger partial charge on any atom is -0.323 e. The summed E-state index contributed by atoms with van der Waals surface area (Å²) in [7, 11) is 0. The molecule has 2 saturated heterocycles. The summed E-state index contributed by atoms with van der Waals surface area (Å²) in [6.07, 6.45) is -3.61. The number of non-ortho nitro benzene ring substituents is 1. The predicted octanol–water partition coefficient (Wildman–Crippen LogP) is 5.66. The second-order valence-electron chi connectivity index (χ2n) is 10.1. The van der Waals surface area contributed by atoms with Crippen LogP contribution in [0.5, 0.6) is 0 Å². The molecule has 3 unspecified atom stereocenters. The monoisotopic (exact) mass is 539 g/mol. The number of halogens is 4. The van der Waals surface area contributed by atoms with E-state index in [9.17, 15) is 37.3 Å². The van der Waals surface area contributed by atoms with Crippen LogP contribution in [0.3, 0.4) is 0 Å². The maximum atomic E-state index is 14.3. The van der Waals surface area contributed by atoms with Crippen LogP contribution in [0.15, 0.2) is 66.7 Å². The van der Waals surface area contributed by atoms with Crippen molar-refractivity contribution < 1.29 is 32.1 Å². The number of nitro benzene ring substituents is 1. The van der Waals surface area contributed by atoms with Crippen molar-refractivity contribution in [3.63, 3.8) is 0 Å². The maximum absolute atomic E-state index is 14.3. The minimum absolute atomic E-state index is 0.0441. The van der Waals surface area contributed by atoms with E-state index in [1.165, 1.54) is 42.5 Å². The van der Waals surface area contributed by atoms with E-state index in [4.69, 9.17) is 0 Å². The van der Waals surface area contributed by atoms with E-state index in [0.717, 1.165) is 18.2 Å². The van der Waals surface area contributed by atoms with Gasteiger partial charge in [0, 0.05) is 35.2 Å². The Labute approximate surface area is 219 Å². The Morgan fingerprint density at radius 1 is 1.08 bits per heavy atom. The van der Waals surface area contributed by atoms with Crippen molar-refractivity contribution in [2.24, 2.45) is 5.92 Å². The number of hydrogen-bond donors (Lipinski definition) is 1. The largest absolute Gasteiger partial charge is 0.418 e. The highest BCUT2D eigenvalue weighted by atomic mass is 19.4. The molecule has 3 heterocycles. The fraction of sp³-hybridized carbons (Fsp3) is 0.286. The summed E-state index contributed by atoms with van der Waals surface area (Å²) >= 11 is 0. The number of nitro groups is 1. The second kappa shape index (κ2) is 8.70. The van der Waals surface area contributed by atoms with Crippen LogP contribution in [0.25, 0.3) is 0 Å². The van der Waals surface area contributed by atoms with E-state index >= 15 is 0 Å². The summed E-state index contributed by atoms with van der Waals surface area (Å²) < 4.78 is 55.7. The van der Waals surface area contributed by atoms with Gasteiger partial charge in [0.05, 0.1) is 22.1 Å². The molecule has 0 bridgehead atoms. The number of benzene rings is 3. The van der Waals surface area contributed by atoms with Gasteiger partial charge in [-0.1, -0.05) is 24.3 Å². The maximum Gasteiger partial charge on any atom is 0.418 e. The molecule has 3 aromatic carbocycles. The topological polar surface area (TPSA) is 92.5 Å². The molecule has 1 amide bonds. The van der Waals surface area contributed by atoms with E-state index in [-0.39, 0.29) is 16.8 Å². The smallest absolute Gasteiger partial charge is 0.323 e. The number of amides is 1. The lowest BCUT2D eigenvalue weighted by atomic mass is 9.68. The molecule has 200 valence electrons. The molecule has 1 N–H and O–H groups in total. The van der Waals surface area contributed by atoms with Crippen molar-refractivity contribution in [3.8, 4) is 0 Å². The van der Waals surface area contributed by atoms with E-state index < -0.39 is 63.3 Å². The molecule has 3 aliphatic heterocycles. The molecule has 0 aliphatic carbocycles. The lowest BCUT2D eigenvalue weighted by Gasteiger charge is -2.37. The summed E-state index contributed by atoms with van der Waals surface area (Å²) in [6, 6.07) is 13.6. The fourth-order valence-electron chi connectivity index (χ4n) is 6.84. The molecule has 3 aliphatic rings. The highest BCUT2D eigenvalue weighted by Crippen LogP contribution is 2.62. The zero-order valence-electron chi connectivity index (χ0n) is 20.2. The van der Waals surface area contributed by atoms with Crippen molar-refractivity contribution >= 4 is 23.1 Å². The number of alkyl halides is 3. The lowest BCUT2D eigenvalue weighted by molar-refractivity contribution is -0.384. The normalized spacial score (nSPS) is 25.9. The molecule has 11 heteroatoms. The van der Waals surface area contributed by atoms with Gasteiger partial charge >= 0.3 is 6.18 Å². The summed E-state index contributed by atoms with van der Waals surface area (Å²) in [5.41, 5.74) is -2.84. The first-order valence-electron chi connectivity index (χ1n) is 12.4. The average Bonchev–Trinajstić information content (AvgIpc) is 3.56. The molecule has 4 atom stereocenters. The van der Waals surface area contributed by atoms with Crippen LogP contribution in [-0.2, 0) is 16.5 Å². The Bertz CT molecular complexity index is 1520. The highest BCUT2D eigenvalue weighted by molar-refractivity contribution is 6.13. The predicted molar refractivity (Wildman–Crippen MR) is 132 cm³/mol. The quantitative estimate of drug-likeness (QED) is 0.200. The number of para-hydroxylation sites is 1. The molecule has 0 saturated carbocycles. The number of hydrogen-bond acceptors (Lipinski definition) is 5. The Morgan fingerprint density at radius 3 is 2.49 bits per heavy atom. The summed E-state index contributed by atoms with van der Waals surface area (Å²) in [4.78, 5) is 41.1. The molecule has 6 rings (SSSR count). The average molecular weight is 539 g/mol. The number of ketones is 1. The Morgan fingerprint density at radius 2 is 1.79 bits per heavy atom. The highest BCUT2D eigenvalue weighted by Gasteiger charge is 2.70. The molecular formula is C28H21F4N3O4. The van der Waals surface area contributed by atoms with Gasteiger partial charge in [-0.25, -0.2) is 4.39 Å². The molecular weight excluding hydrogens is 518 g/mol. The van der Waals surface area contributed by atoms with E-state index in [0.29, 0.717) is 24.9 Å². The van der Waals surface area contributed by atoms with Gasteiger partial charge in [0.1, 0.15) is 11.4 Å². The van der Waals surface area contributed by atoms with Gasteiger partial charge in [-0.05, 0) is 55.3 Å². The molecule has 39 heavy (non-hydrogen) atoms. The third-order valence-corrected chi connectivity index (χ3v) is 8.22. The SMILES string of the molecule is O=C(c1ccc(F)cc1)C1C(c2cccc([N+](=O)[O-])c2)C2CCCN2[C@@]12C(=O)Nc1c(C(F)(F)F)cccc12. The number of fused-ring (bicyclic) bond motifs is 4. The number of nitrogens with zero attached hydrogens (tertiary/aromatic N) is 2. The van der Waals surface area contributed by atoms with Crippen LogP contribution in [0.4, 0.5) is 28.9 Å². The van der Waals surface area contributed by atoms with Crippen molar-refractivity contribution in [2.45, 2.75) is 36.5 Å². The van der Waals surface area contributed by atoms with Gasteiger partial charge in [0.25, 0.3) is 5.69 Å². The van der Waals surface area contributed by atoms with Gasteiger partial charge in [0.15, 0.2) is 5.78 Å². The fourth-order valence-corrected chi connectivity index (χ4v) is 6.84. The first kappa shape index (κ1) is 25.2. The number of carbonyl (C=O) groups is 2. The van der Waals surface area contributed by atoms with E-state index in [1.54, 1.807) is 11.0 Å². The number of anilines is 1. The molecule has 2 fully saturated rings. The van der Waals surface area contributed by atoms with Gasteiger partial charge < -0.3 is 5.32 Å². The summed E-state index contributed by atoms with van der Waals surface area (Å²) in [5.74, 6) is -3.88. The zero-order valence-corrected chi connectivity index (χ0v) is 20.2. The Kier molecular flexibility index (Phi) is 5.62. The van der Waals surface area contributed by atoms with E-state index in [1.807, 2.05) is 0 Å². The second-order valence-corrected chi connectivity index (χ2v) is 10.1. The Balaban J connectivity index is 1.63. The first-order chi connectivity index (χ1) is 18.5. The van der Waals surface area contributed by atoms with Crippen molar-refractivity contribution in [3.05, 3.63) is 105 Å². The molecule has 1 spiro atoms. The van der Waals surface area contributed by atoms with Crippen molar-refractivity contribution in [1.82, 2.24) is 4.90 Å². The third kappa shape index (κ3) is 3.59.